The molecule has 3 heterocycles. The fourth-order valence-corrected chi connectivity index (χ4v) is 3.85. The summed E-state index contributed by atoms with van der Waals surface area (Å²) in [4.78, 5) is 32.6. The van der Waals surface area contributed by atoms with Crippen LogP contribution in [0, 0.1) is 12.7 Å². The molecule has 2 saturated heterocycles. The third kappa shape index (κ3) is 3.62. The number of amides is 2. The zero-order chi connectivity index (χ0) is 19.7. The van der Waals surface area contributed by atoms with Gasteiger partial charge in [0, 0.05) is 31.2 Å². The quantitative estimate of drug-likeness (QED) is 0.800. The minimum Gasteiger partial charge on any atom is -0.363 e. The number of likely N-dealkylation sites (tertiary alicyclic amines) is 1. The van der Waals surface area contributed by atoms with E-state index < -0.39 is 5.60 Å². The van der Waals surface area contributed by atoms with Crippen LogP contribution < -0.4 is 4.90 Å². The average Bonchev–Trinajstić information content (AvgIpc) is 2.71. The number of aromatic nitrogens is 1. The predicted octanol–water partition coefficient (Wildman–Crippen LogP) is 2.57. The lowest BCUT2D eigenvalue weighted by atomic mass is 9.88. The first-order valence-electron chi connectivity index (χ1n) is 9.37. The Hall–Kier alpha value is -2.80. The number of anilines is 1. The molecule has 0 saturated carbocycles. The van der Waals surface area contributed by atoms with Gasteiger partial charge in [0.15, 0.2) is 0 Å². The molecule has 2 aromatic rings. The van der Waals surface area contributed by atoms with Crippen molar-refractivity contribution >= 4 is 17.5 Å². The number of nitrogens with zero attached hydrogens (tertiary/aromatic N) is 3. The minimum atomic E-state index is -0.482. The standard InChI is InChI=1S/C21H22FN3O3/c1-15-10-16(12-23-11-15)20(27)24-8-6-21(7-9-24)14-25(19(26)13-28-21)18-4-2-17(22)3-5-18/h2-5,10-12H,6-9,13-14H2,1H3. The van der Waals surface area contributed by atoms with Crippen molar-refractivity contribution in [3.8, 4) is 0 Å². The third-order valence-electron chi connectivity index (χ3n) is 5.47. The molecule has 2 aliphatic rings. The van der Waals surface area contributed by atoms with Crippen LogP contribution in [0.3, 0.4) is 0 Å². The number of ether oxygens (including phenoxy) is 1. The second-order valence-electron chi connectivity index (χ2n) is 7.47. The molecule has 1 spiro atoms. The molecule has 146 valence electrons. The number of pyridine rings is 1. The van der Waals surface area contributed by atoms with Gasteiger partial charge in [-0.05, 0) is 55.7 Å². The molecule has 0 unspecified atom stereocenters. The molecule has 0 aliphatic carbocycles. The van der Waals surface area contributed by atoms with Crippen LogP contribution in [0.1, 0.15) is 28.8 Å². The molecule has 1 aromatic carbocycles. The minimum absolute atomic E-state index is 0.00682. The van der Waals surface area contributed by atoms with E-state index in [-0.39, 0.29) is 24.2 Å². The van der Waals surface area contributed by atoms with Gasteiger partial charge in [0.1, 0.15) is 12.4 Å². The second kappa shape index (κ2) is 7.31. The summed E-state index contributed by atoms with van der Waals surface area (Å²) in [5, 5.41) is 0. The van der Waals surface area contributed by atoms with Crippen molar-refractivity contribution in [3.63, 3.8) is 0 Å². The zero-order valence-electron chi connectivity index (χ0n) is 15.7. The molecular weight excluding hydrogens is 361 g/mol. The number of morpholine rings is 1. The van der Waals surface area contributed by atoms with Crippen LogP contribution in [0.2, 0.25) is 0 Å². The summed E-state index contributed by atoms with van der Waals surface area (Å²) in [6.45, 7) is 3.42. The third-order valence-corrected chi connectivity index (χ3v) is 5.47. The van der Waals surface area contributed by atoms with Gasteiger partial charge in [-0.15, -0.1) is 0 Å². The Kier molecular flexibility index (Phi) is 4.85. The number of hydrogen-bond donors (Lipinski definition) is 0. The molecule has 7 heteroatoms. The molecular formula is C21H22FN3O3. The first-order chi connectivity index (χ1) is 13.5. The Morgan fingerprint density at radius 1 is 1.18 bits per heavy atom. The monoisotopic (exact) mass is 383 g/mol. The topological polar surface area (TPSA) is 62.7 Å². The van der Waals surface area contributed by atoms with E-state index >= 15 is 0 Å². The molecule has 0 bridgehead atoms. The van der Waals surface area contributed by atoms with Gasteiger partial charge in [0.2, 0.25) is 0 Å². The fraction of sp³-hybridized carbons (Fsp3) is 0.381. The van der Waals surface area contributed by atoms with Crippen LogP contribution in [0.15, 0.2) is 42.7 Å². The van der Waals surface area contributed by atoms with Crippen LogP contribution >= 0.6 is 0 Å². The molecule has 4 rings (SSSR count). The van der Waals surface area contributed by atoms with Gasteiger partial charge in [-0.1, -0.05) is 0 Å². The van der Waals surface area contributed by atoms with Gasteiger partial charge < -0.3 is 14.5 Å². The molecule has 2 amide bonds. The van der Waals surface area contributed by atoms with E-state index in [4.69, 9.17) is 4.74 Å². The Morgan fingerprint density at radius 2 is 1.89 bits per heavy atom. The Labute approximate surface area is 162 Å². The summed E-state index contributed by atoms with van der Waals surface area (Å²) >= 11 is 0. The predicted molar refractivity (Wildman–Crippen MR) is 102 cm³/mol. The van der Waals surface area contributed by atoms with Crippen molar-refractivity contribution in [2.45, 2.75) is 25.4 Å². The van der Waals surface area contributed by atoms with Crippen molar-refractivity contribution in [3.05, 3.63) is 59.7 Å². The van der Waals surface area contributed by atoms with Gasteiger partial charge in [-0.25, -0.2) is 4.39 Å². The van der Waals surface area contributed by atoms with Crippen LogP contribution in [0.25, 0.3) is 0 Å². The maximum Gasteiger partial charge on any atom is 0.255 e. The van der Waals surface area contributed by atoms with Gasteiger partial charge >= 0.3 is 0 Å². The summed E-state index contributed by atoms with van der Waals surface area (Å²) in [5.74, 6) is -0.508. The van der Waals surface area contributed by atoms with Gasteiger partial charge in [-0.3, -0.25) is 14.6 Å². The molecule has 2 fully saturated rings. The highest BCUT2D eigenvalue weighted by molar-refractivity contribution is 5.95. The van der Waals surface area contributed by atoms with Crippen molar-refractivity contribution in [2.24, 2.45) is 0 Å². The van der Waals surface area contributed by atoms with Gasteiger partial charge in [0.05, 0.1) is 17.7 Å². The fourth-order valence-electron chi connectivity index (χ4n) is 3.85. The number of halogens is 1. The molecule has 6 nitrogen and oxygen atoms in total. The first-order valence-corrected chi connectivity index (χ1v) is 9.37. The lowest BCUT2D eigenvalue weighted by Gasteiger charge is -2.47. The molecule has 0 N–H and O–H groups in total. The lowest BCUT2D eigenvalue weighted by Crippen LogP contribution is -2.59. The van der Waals surface area contributed by atoms with E-state index in [0.717, 1.165) is 5.56 Å². The Morgan fingerprint density at radius 3 is 2.57 bits per heavy atom. The number of hydrogen-bond acceptors (Lipinski definition) is 4. The van der Waals surface area contributed by atoms with E-state index in [9.17, 15) is 14.0 Å². The number of aryl methyl sites for hydroxylation is 1. The van der Waals surface area contributed by atoms with E-state index in [1.54, 1.807) is 29.4 Å². The number of carbonyl (C=O) groups excluding carboxylic acids is 2. The Balaban J connectivity index is 1.45. The summed E-state index contributed by atoms with van der Waals surface area (Å²) in [6.07, 6.45) is 4.59. The number of rotatable bonds is 2. The summed E-state index contributed by atoms with van der Waals surface area (Å²) < 4.78 is 19.1. The summed E-state index contributed by atoms with van der Waals surface area (Å²) in [6, 6.07) is 7.75. The van der Waals surface area contributed by atoms with Crippen molar-refractivity contribution < 1.29 is 18.7 Å². The van der Waals surface area contributed by atoms with E-state index in [1.165, 1.54) is 12.1 Å². The van der Waals surface area contributed by atoms with Crippen LogP contribution in [-0.4, -0.2) is 53.5 Å². The van der Waals surface area contributed by atoms with Gasteiger partial charge in [0.25, 0.3) is 11.8 Å². The van der Waals surface area contributed by atoms with Crippen molar-refractivity contribution in [2.75, 3.05) is 31.1 Å². The largest absolute Gasteiger partial charge is 0.363 e. The van der Waals surface area contributed by atoms with Crippen LogP contribution in [-0.2, 0) is 9.53 Å². The maximum absolute atomic E-state index is 13.2. The maximum atomic E-state index is 13.2. The van der Waals surface area contributed by atoms with Crippen LogP contribution in [0.4, 0.5) is 10.1 Å². The normalized spacial score (nSPS) is 19.1. The van der Waals surface area contributed by atoms with E-state index in [1.807, 2.05) is 17.9 Å². The van der Waals surface area contributed by atoms with E-state index in [0.29, 0.717) is 43.7 Å². The van der Waals surface area contributed by atoms with Crippen molar-refractivity contribution in [1.29, 1.82) is 0 Å². The van der Waals surface area contributed by atoms with Crippen LogP contribution in [0.5, 0.6) is 0 Å². The summed E-state index contributed by atoms with van der Waals surface area (Å²) in [5.41, 5.74) is 1.72. The smallest absolute Gasteiger partial charge is 0.255 e. The SMILES string of the molecule is Cc1cncc(C(=O)N2CCC3(CC2)CN(c2ccc(F)cc2)C(=O)CO3)c1. The highest BCUT2D eigenvalue weighted by Crippen LogP contribution is 2.33. The molecule has 1 aromatic heterocycles. The number of benzene rings is 1. The molecule has 0 atom stereocenters. The van der Waals surface area contributed by atoms with Gasteiger partial charge in [-0.2, -0.15) is 0 Å². The first kappa shape index (κ1) is 18.6. The molecule has 0 radical (unpaired) electrons. The second-order valence-corrected chi connectivity index (χ2v) is 7.47. The molecule has 28 heavy (non-hydrogen) atoms. The average molecular weight is 383 g/mol. The zero-order valence-corrected chi connectivity index (χ0v) is 15.7. The number of carbonyl (C=O) groups is 2. The van der Waals surface area contributed by atoms with E-state index in [2.05, 4.69) is 4.98 Å². The van der Waals surface area contributed by atoms with Crippen molar-refractivity contribution in [1.82, 2.24) is 9.88 Å². The summed E-state index contributed by atoms with van der Waals surface area (Å²) in [7, 11) is 0. The Bertz CT molecular complexity index is 892. The highest BCUT2D eigenvalue weighted by atomic mass is 19.1. The lowest BCUT2D eigenvalue weighted by molar-refractivity contribution is -0.143. The number of piperidine rings is 1. The highest BCUT2D eigenvalue weighted by Gasteiger charge is 2.43. The molecule has 2 aliphatic heterocycles.